The molecule has 2 rings (SSSR count). The van der Waals surface area contributed by atoms with E-state index in [1.54, 1.807) is 6.20 Å². The van der Waals surface area contributed by atoms with Gasteiger partial charge in [-0.3, -0.25) is 9.78 Å². The molecule has 0 atom stereocenters. The number of hydrogen-bond donors (Lipinski definition) is 2. The van der Waals surface area contributed by atoms with Crippen molar-refractivity contribution in [3.63, 3.8) is 0 Å². The van der Waals surface area contributed by atoms with E-state index in [2.05, 4.69) is 15.6 Å². The second-order valence-electron chi connectivity index (χ2n) is 4.67. The van der Waals surface area contributed by atoms with E-state index in [-0.39, 0.29) is 5.91 Å². The van der Waals surface area contributed by atoms with Crippen LogP contribution in [-0.4, -0.2) is 36.7 Å². The highest BCUT2D eigenvalue weighted by Gasteiger charge is 2.13. The van der Waals surface area contributed by atoms with Crippen molar-refractivity contribution in [3.05, 3.63) is 30.1 Å². The van der Waals surface area contributed by atoms with Gasteiger partial charge in [0.1, 0.15) is 0 Å². The number of amides is 1. The minimum absolute atomic E-state index is 0.0135. The van der Waals surface area contributed by atoms with Crippen LogP contribution in [0.2, 0.25) is 0 Å². The summed E-state index contributed by atoms with van der Waals surface area (Å²) in [6.45, 7) is 3.00. The molecule has 1 aromatic heterocycles. The van der Waals surface area contributed by atoms with E-state index >= 15 is 0 Å². The Labute approximate surface area is 113 Å². The second-order valence-corrected chi connectivity index (χ2v) is 4.67. The van der Waals surface area contributed by atoms with Gasteiger partial charge in [0.2, 0.25) is 5.91 Å². The normalized spacial score (nSPS) is 16.2. The van der Waals surface area contributed by atoms with E-state index in [4.69, 9.17) is 4.74 Å². The molecule has 2 N–H and O–H groups in total. The summed E-state index contributed by atoms with van der Waals surface area (Å²) in [6.07, 6.45) is 4.52. The lowest BCUT2D eigenvalue weighted by Gasteiger charge is -2.22. The Balaban J connectivity index is 1.57. The van der Waals surface area contributed by atoms with Crippen LogP contribution in [0.4, 0.5) is 0 Å². The van der Waals surface area contributed by atoms with Crippen molar-refractivity contribution in [3.8, 4) is 0 Å². The Morgan fingerprint density at radius 2 is 2.26 bits per heavy atom. The Hall–Kier alpha value is -1.46. The minimum atomic E-state index is 0.0135. The molecule has 0 aliphatic carbocycles. The summed E-state index contributed by atoms with van der Waals surface area (Å²) >= 11 is 0. The molecule has 5 nitrogen and oxygen atoms in total. The Kier molecular flexibility index (Phi) is 5.78. The highest BCUT2D eigenvalue weighted by molar-refractivity contribution is 5.75. The van der Waals surface area contributed by atoms with Crippen LogP contribution in [0.15, 0.2) is 24.4 Å². The smallest absolute Gasteiger partial charge is 0.222 e. The summed E-state index contributed by atoms with van der Waals surface area (Å²) in [5, 5.41) is 6.13. The first-order valence-electron chi connectivity index (χ1n) is 6.83. The van der Waals surface area contributed by atoms with Gasteiger partial charge in [-0.2, -0.15) is 0 Å². The molecule has 1 aliphatic rings. The van der Waals surface area contributed by atoms with Crippen LogP contribution in [0.25, 0.3) is 0 Å². The van der Waals surface area contributed by atoms with Crippen molar-refractivity contribution in [2.45, 2.75) is 31.9 Å². The van der Waals surface area contributed by atoms with Crippen molar-refractivity contribution in [1.29, 1.82) is 0 Å². The first-order chi connectivity index (χ1) is 9.34. The van der Waals surface area contributed by atoms with E-state index in [1.807, 2.05) is 18.2 Å². The molecule has 0 aromatic carbocycles. The fourth-order valence-corrected chi connectivity index (χ4v) is 2.06. The fourth-order valence-electron chi connectivity index (χ4n) is 2.06. The van der Waals surface area contributed by atoms with Crippen LogP contribution in [0, 0.1) is 0 Å². The standard InChI is InChI=1S/C14H21N3O2/c18-14(17-11-12-3-1-2-7-16-12)6-10-19-13-4-8-15-9-5-13/h1-3,7,13,15H,4-6,8-11H2,(H,17,18). The average Bonchev–Trinajstić information content (AvgIpc) is 2.47. The summed E-state index contributed by atoms with van der Waals surface area (Å²) in [5.74, 6) is 0.0135. The molecule has 1 aromatic rings. The monoisotopic (exact) mass is 263 g/mol. The number of hydrogen-bond acceptors (Lipinski definition) is 4. The molecule has 5 heteroatoms. The van der Waals surface area contributed by atoms with E-state index in [9.17, 15) is 4.79 Å². The van der Waals surface area contributed by atoms with Crippen molar-refractivity contribution in [2.24, 2.45) is 0 Å². The number of carbonyl (C=O) groups is 1. The van der Waals surface area contributed by atoms with Crippen LogP contribution in [-0.2, 0) is 16.1 Å². The lowest BCUT2D eigenvalue weighted by atomic mass is 10.1. The van der Waals surface area contributed by atoms with Crippen LogP contribution < -0.4 is 10.6 Å². The number of nitrogens with one attached hydrogen (secondary N) is 2. The number of ether oxygens (including phenoxy) is 1. The lowest BCUT2D eigenvalue weighted by Crippen LogP contribution is -2.33. The number of piperidine rings is 1. The Morgan fingerprint density at radius 1 is 1.42 bits per heavy atom. The first-order valence-corrected chi connectivity index (χ1v) is 6.83. The van der Waals surface area contributed by atoms with Gasteiger partial charge in [0, 0.05) is 12.6 Å². The maximum Gasteiger partial charge on any atom is 0.222 e. The van der Waals surface area contributed by atoms with Gasteiger partial charge in [-0.1, -0.05) is 6.07 Å². The topological polar surface area (TPSA) is 63.2 Å². The van der Waals surface area contributed by atoms with Gasteiger partial charge in [0.25, 0.3) is 0 Å². The highest BCUT2D eigenvalue weighted by atomic mass is 16.5. The molecular formula is C14H21N3O2. The largest absolute Gasteiger partial charge is 0.378 e. The molecule has 1 fully saturated rings. The predicted molar refractivity (Wildman–Crippen MR) is 72.5 cm³/mol. The number of nitrogens with zero attached hydrogens (tertiary/aromatic N) is 1. The third-order valence-corrected chi connectivity index (χ3v) is 3.16. The fraction of sp³-hybridized carbons (Fsp3) is 0.571. The summed E-state index contributed by atoms with van der Waals surface area (Å²) in [6, 6.07) is 5.67. The molecule has 2 heterocycles. The zero-order valence-corrected chi connectivity index (χ0v) is 11.1. The van der Waals surface area contributed by atoms with E-state index in [1.165, 1.54) is 0 Å². The molecule has 0 spiro atoms. The Bertz CT molecular complexity index is 378. The maximum atomic E-state index is 11.6. The summed E-state index contributed by atoms with van der Waals surface area (Å²) < 4.78 is 5.69. The molecule has 0 unspecified atom stereocenters. The number of pyridine rings is 1. The van der Waals surface area contributed by atoms with Crippen LogP contribution in [0.3, 0.4) is 0 Å². The number of carbonyl (C=O) groups excluding carboxylic acids is 1. The summed E-state index contributed by atoms with van der Waals surface area (Å²) in [7, 11) is 0. The van der Waals surface area contributed by atoms with Gasteiger partial charge >= 0.3 is 0 Å². The van der Waals surface area contributed by atoms with E-state index < -0.39 is 0 Å². The molecule has 0 saturated carbocycles. The van der Waals surface area contributed by atoms with Gasteiger partial charge in [0.05, 0.1) is 24.9 Å². The molecule has 1 aliphatic heterocycles. The van der Waals surface area contributed by atoms with E-state index in [0.29, 0.717) is 25.7 Å². The van der Waals surface area contributed by atoms with Gasteiger partial charge in [-0.15, -0.1) is 0 Å². The van der Waals surface area contributed by atoms with Crippen LogP contribution in [0.5, 0.6) is 0 Å². The van der Waals surface area contributed by atoms with Gasteiger partial charge in [-0.05, 0) is 38.1 Å². The third-order valence-electron chi connectivity index (χ3n) is 3.16. The summed E-state index contributed by atoms with van der Waals surface area (Å²) in [4.78, 5) is 15.8. The first kappa shape index (κ1) is 14.0. The third kappa shape index (κ3) is 5.36. The highest BCUT2D eigenvalue weighted by Crippen LogP contribution is 2.07. The summed E-state index contributed by atoms with van der Waals surface area (Å²) in [5.41, 5.74) is 0.870. The van der Waals surface area contributed by atoms with Crippen LogP contribution >= 0.6 is 0 Å². The van der Waals surface area contributed by atoms with Crippen molar-refractivity contribution in [2.75, 3.05) is 19.7 Å². The van der Waals surface area contributed by atoms with Crippen LogP contribution in [0.1, 0.15) is 25.0 Å². The molecule has 19 heavy (non-hydrogen) atoms. The second kappa shape index (κ2) is 7.86. The maximum absolute atomic E-state index is 11.6. The SMILES string of the molecule is O=C(CCOC1CCNCC1)NCc1ccccn1. The molecule has 0 bridgehead atoms. The van der Waals surface area contributed by atoms with E-state index in [0.717, 1.165) is 31.6 Å². The zero-order chi connectivity index (χ0) is 13.3. The average molecular weight is 263 g/mol. The van der Waals surface area contributed by atoms with Crippen molar-refractivity contribution >= 4 is 5.91 Å². The lowest BCUT2D eigenvalue weighted by molar-refractivity contribution is -0.122. The van der Waals surface area contributed by atoms with Gasteiger partial charge in [0.15, 0.2) is 0 Å². The van der Waals surface area contributed by atoms with Crippen molar-refractivity contribution < 1.29 is 9.53 Å². The quantitative estimate of drug-likeness (QED) is 0.799. The molecule has 1 saturated heterocycles. The number of aromatic nitrogens is 1. The number of rotatable bonds is 6. The molecule has 104 valence electrons. The van der Waals surface area contributed by atoms with Gasteiger partial charge in [-0.25, -0.2) is 0 Å². The Morgan fingerprint density at radius 3 is 3.00 bits per heavy atom. The molecule has 1 amide bonds. The molecular weight excluding hydrogens is 242 g/mol. The minimum Gasteiger partial charge on any atom is -0.378 e. The zero-order valence-electron chi connectivity index (χ0n) is 11.1. The molecule has 0 radical (unpaired) electrons. The van der Waals surface area contributed by atoms with Crippen molar-refractivity contribution in [1.82, 2.24) is 15.6 Å². The van der Waals surface area contributed by atoms with Gasteiger partial charge < -0.3 is 15.4 Å². The predicted octanol–water partition coefficient (Wildman–Crippen LogP) is 0.856.